The molecule has 1 nitrogen and oxygen atoms in total. The Labute approximate surface area is 198 Å². The molecular formula is C31H46O. The number of rotatable bonds is 12. The van der Waals surface area contributed by atoms with Gasteiger partial charge in [0.2, 0.25) is 0 Å². The molecule has 0 aliphatic carbocycles. The van der Waals surface area contributed by atoms with Gasteiger partial charge in [-0.3, -0.25) is 0 Å². The smallest absolute Gasteiger partial charge is 0.135 e. The predicted octanol–water partition coefficient (Wildman–Crippen LogP) is 9.77. The first-order valence-electron chi connectivity index (χ1n) is 13.4. The van der Waals surface area contributed by atoms with E-state index in [1.165, 1.54) is 79.2 Å². The fourth-order valence-corrected chi connectivity index (χ4v) is 5.68. The third kappa shape index (κ3) is 5.59. The van der Waals surface area contributed by atoms with E-state index in [1.54, 1.807) is 0 Å². The van der Waals surface area contributed by atoms with Crippen LogP contribution in [0.15, 0.2) is 36.4 Å². The molecule has 0 aromatic heterocycles. The van der Waals surface area contributed by atoms with Crippen molar-refractivity contribution in [3.05, 3.63) is 53.1 Å². The summed E-state index contributed by atoms with van der Waals surface area (Å²) in [4.78, 5) is 0. The van der Waals surface area contributed by atoms with Gasteiger partial charge in [-0.25, -0.2) is 0 Å². The van der Waals surface area contributed by atoms with Gasteiger partial charge < -0.3 is 4.74 Å². The molecule has 0 radical (unpaired) electrons. The fourth-order valence-electron chi connectivity index (χ4n) is 5.68. The molecule has 2 atom stereocenters. The van der Waals surface area contributed by atoms with E-state index in [0.717, 1.165) is 18.6 Å². The van der Waals surface area contributed by atoms with Crippen molar-refractivity contribution < 1.29 is 4.74 Å². The molecule has 0 saturated carbocycles. The van der Waals surface area contributed by atoms with Crippen LogP contribution in [0.2, 0.25) is 0 Å². The van der Waals surface area contributed by atoms with Crippen LogP contribution in [0.1, 0.15) is 109 Å². The number of benzene rings is 2. The molecule has 2 aromatic carbocycles. The van der Waals surface area contributed by atoms with Gasteiger partial charge in [0.1, 0.15) is 11.4 Å². The van der Waals surface area contributed by atoms with Crippen molar-refractivity contribution in [2.24, 2.45) is 11.8 Å². The summed E-state index contributed by atoms with van der Waals surface area (Å²) < 4.78 is 7.21. The average molecular weight is 435 g/mol. The number of ether oxygens (including phenoxy) is 1. The zero-order valence-corrected chi connectivity index (χ0v) is 21.6. The normalized spacial score (nSPS) is 19.1. The van der Waals surface area contributed by atoms with Crippen LogP contribution in [0, 0.1) is 25.7 Å². The minimum Gasteiger partial charge on any atom is -0.482 e. The molecule has 32 heavy (non-hydrogen) atoms. The van der Waals surface area contributed by atoms with Crippen LogP contribution in [0.5, 0.6) is 5.75 Å². The average Bonchev–Trinajstić information content (AvgIpc) is 2.79. The SMILES string of the molecule is CCCCC(CC)CC1(CC(CC)CCCC)Oc2cc(C)ccc2-c2ccc(C)cc21. The summed E-state index contributed by atoms with van der Waals surface area (Å²) in [5.74, 6) is 2.51. The van der Waals surface area contributed by atoms with E-state index < -0.39 is 0 Å². The number of unbranched alkanes of at least 4 members (excludes halogenated alkanes) is 2. The second-order valence-corrected chi connectivity index (χ2v) is 10.4. The first-order valence-corrected chi connectivity index (χ1v) is 13.4. The van der Waals surface area contributed by atoms with Crippen LogP contribution in [0.4, 0.5) is 0 Å². The highest BCUT2D eigenvalue weighted by Gasteiger charge is 2.43. The lowest BCUT2D eigenvalue weighted by molar-refractivity contribution is 0.00696. The predicted molar refractivity (Wildman–Crippen MR) is 140 cm³/mol. The van der Waals surface area contributed by atoms with Crippen LogP contribution >= 0.6 is 0 Å². The van der Waals surface area contributed by atoms with Gasteiger partial charge in [0.25, 0.3) is 0 Å². The van der Waals surface area contributed by atoms with Crippen LogP contribution in [-0.2, 0) is 5.60 Å². The van der Waals surface area contributed by atoms with Crippen LogP contribution in [0.25, 0.3) is 11.1 Å². The maximum Gasteiger partial charge on any atom is 0.135 e. The van der Waals surface area contributed by atoms with Crippen molar-refractivity contribution in [1.82, 2.24) is 0 Å². The summed E-state index contributed by atoms with van der Waals surface area (Å²) in [6.45, 7) is 13.8. The lowest BCUT2D eigenvalue weighted by Crippen LogP contribution is -2.40. The largest absolute Gasteiger partial charge is 0.482 e. The number of hydrogen-bond donors (Lipinski definition) is 0. The quantitative estimate of drug-likeness (QED) is 0.323. The molecule has 0 saturated heterocycles. The van der Waals surface area contributed by atoms with Crippen molar-refractivity contribution in [2.75, 3.05) is 0 Å². The maximum atomic E-state index is 7.21. The summed E-state index contributed by atoms with van der Waals surface area (Å²) in [6.07, 6.45) is 12.5. The Hall–Kier alpha value is -1.76. The molecule has 2 aromatic rings. The molecule has 1 aliphatic heterocycles. The second kappa shape index (κ2) is 11.4. The van der Waals surface area contributed by atoms with Crippen molar-refractivity contribution in [3.63, 3.8) is 0 Å². The Morgan fingerprint density at radius 2 is 1.25 bits per heavy atom. The first kappa shape index (κ1) is 24.9. The summed E-state index contributed by atoms with van der Waals surface area (Å²) in [5, 5.41) is 0. The summed E-state index contributed by atoms with van der Waals surface area (Å²) in [7, 11) is 0. The molecule has 0 fully saturated rings. The summed E-state index contributed by atoms with van der Waals surface area (Å²) in [6, 6.07) is 13.8. The number of fused-ring (bicyclic) bond motifs is 3. The van der Waals surface area contributed by atoms with E-state index in [1.807, 2.05) is 0 Å². The van der Waals surface area contributed by atoms with Crippen LogP contribution in [0.3, 0.4) is 0 Å². The third-order valence-electron chi connectivity index (χ3n) is 7.72. The highest BCUT2D eigenvalue weighted by Crippen LogP contribution is 2.52. The molecule has 3 rings (SSSR count). The van der Waals surface area contributed by atoms with E-state index in [9.17, 15) is 0 Å². The molecule has 0 spiro atoms. The Morgan fingerprint density at radius 1 is 0.719 bits per heavy atom. The zero-order valence-electron chi connectivity index (χ0n) is 21.6. The molecule has 1 aliphatic rings. The maximum absolute atomic E-state index is 7.21. The monoisotopic (exact) mass is 434 g/mol. The van der Waals surface area contributed by atoms with Crippen molar-refractivity contribution >= 4 is 0 Å². The molecule has 1 heteroatoms. The minimum atomic E-state index is -0.217. The summed E-state index contributed by atoms with van der Waals surface area (Å²) in [5.41, 5.74) is 6.51. The molecule has 0 N–H and O–H groups in total. The van der Waals surface area contributed by atoms with E-state index in [2.05, 4.69) is 77.9 Å². The minimum absolute atomic E-state index is 0.217. The highest BCUT2D eigenvalue weighted by molar-refractivity contribution is 5.77. The Bertz CT molecular complexity index is 847. The van der Waals surface area contributed by atoms with Gasteiger partial charge in [-0.15, -0.1) is 0 Å². The van der Waals surface area contributed by atoms with Gasteiger partial charge in [-0.2, -0.15) is 0 Å². The first-order chi connectivity index (χ1) is 15.5. The molecular weight excluding hydrogens is 388 g/mol. The number of aryl methyl sites for hydroxylation is 2. The third-order valence-corrected chi connectivity index (χ3v) is 7.72. The van der Waals surface area contributed by atoms with Gasteiger partial charge >= 0.3 is 0 Å². The topological polar surface area (TPSA) is 9.23 Å². The standard InChI is InChI=1S/C31H46O/c1-7-11-13-25(9-3)21-31(22-26(10-4)14-12-8-2)29-19-23(5)15-17-27(29)28-18-16-24(6)20-30(28)32-31/h15-20,25-26H,7-14,21-22H2,1-6H3. The van der Waals surface area contributed by atoms with Gasteiger partial charge in [0.15, 0.2) is 0 Å². The fraction of sp³-hybridized carbons (Fsp3) is 0.613. The highest BCUT2D eigenvalue weighted by atomic mass is 16.5. The molecule has 1 heterocycles. The lowest BCUT2D eigenvalue weighted by Gasteiger charge is -2.44. The van der Waals surface area contributed by atoms with Gasteiger partial charge in [-0.1, -0.05) is 115 Å². The van der Waals surface area contributed by atoms with E-state index >= 15 is 0 Å². The van der Waals surface area contributed by atoms with E-state index in [4.69, 9.17) is 4.74 Å². The molecule has 176 valence electrons. The summed E-state index contributed by atoms with van der Waals surface area (Å²) >= 11 is 0. The Kier molecular flexibility index (Phi) is 8.86. The van der Waals surface area contributed by atoms with Crippen LogP contribution < -0.4 is 4.74 Å². The second-order valence-electron chi connectivity index (χ2n) is 10.4. The van der Waals surface area contributed by atoms with Crippen molar-refractivity contribution in [2.45, 2.75) is 111 Å². The molecule has 2 unspecified atom stereocenters. The Balaban J connectivity index is 2.12. The Morgan fingerprint density at radius 3 is 1.78 bits per heavy atom. The van der Waals surface area contributed by atoms with Crippen molar-refractivity contribution in [1.29, 1.82) is 0 Å². The van der Waals surface area contributed by atoms with Gasteiger partial charge in [-0.05, 0) is 55.7 Å². The van der Waals surface area contributed by atoms with Gasteiger partial charge in [0, 0.05) is 11.1 Å². The van der Waals surface area contributed by atoms with Crippen molar-refractivity contribution in [3.8, 4) is 16.9 Å². The number of hydrogen-bond acceptors (Lipinski definition) is 1. The van der Waals surface area contributed by atoms with Gasteiger partial charge in [0.05, 0.1) is 0 Å². The zero-order chi connectivity index (χ0) is 23.1. The van der Waals surface area contributed by atoms with E-state index in [0.29, 0.717) is 11.8 Å². The molecule has 0 amide bonds. The molecule has 0 bridgehead atoms. The van der Waals surface area contributed by atoms with Crippen LogP contribution in [-0.4, -0.2) is 0 Å². The lowest BCUT2D eigenvalue weighted by atomic mass is 9.71. The van der Waals surface area contributed by atoms with E-state index in [-0.39, 0.29) is 5.60 Å².